The van der Waals surface area contributed by atoms with E-state index < -0.39 is 17.7 Å². The van der Waals surface area contributed by atoms with Crippen molar-refractivity contribution in [2.24, 2.45) is 0 Å². The third-order valence-electron chi connectivity index (χ3n) is 6.10. The lowest BCUT2D eigenvalue weighted by Crippen LogP contribution is -2.38. The van der Waals surface area contributed by atoms with E-state index in [0.717, 1.165) is 25.1 Å². The minimum absolute atomic E-state index is 0.0855. The van der Waals surface area contributed by atoms with Crippen molar-refractivity contribution in [3.63, 3.8) is 0 Å². The Morgan fingerprint density at radius 3 is 2.35 bits per heavy atom. The number of amides is 1. The quantitative estimate of drug-likeness (QED) is 0.303. The number of hydrogen-bond donors (Lipinski definition) is 1. The van der Waals surface area contributed by atoms with Crippen LogP contribution in [0.1, 0.15) is 44.4 Å². The second kappa shape index (κ2) is 11.7. The fourth-order valence-electron chi connectivity index (χ4n) is 4.14. The van der Waals surface area contributed by atoms with E-state index in [1.807, 2.05) is 19.1 Å². The molecule has 2 aromatic rings. The highest BCUT2D eigenvalue weighted by Crippen LogP contribution is 2.40. The van der Waals surface area contributed by atoms with E-state index in [1.165, 1.54) is 0 Å². The lowest BCUT2D eigenvalue weighted by atomic mass is 9.95. The van der Waals surface area contributed by atoms with Crippen LogP contribution in [-0.2, 0) is 9.59 Å². The average Bonchev–Trinajstić information content (AvgIpc) is 3.12. The number of rotatable bonds is 11. The lowest BCUT2D eigenvalue weighted by molar-refractivity contribution is -0.140. The van der Waals surface area contributed by atoms with Crippen LogP contribution in [0.2, 0.25) is 0 Å². The number of aliphatic hydroxyl groups excluding tert-OH is 1. The number of methoxy groups -OCH3 is 1. The van der Waals surface area contributed by atoms with Gasteiger partial charge < -0.3 is 24.4 Å². The molecule has 0 saturated carbocycles. The maximum Gasteiger partial charge on any atom is 0.295 e. The van der Waals surface area contributed by atoms with Crippen molar-refractivity contribution in [2.75, 3.05) is 39.9 Å². The van der Waals surface area contributed by atoms with Crippen LogP contribution in [0.15, 0.2) is 54.1 Å². The summed E-state index contributed by atoms with van der Waals surface area (Å²) in [5, 5.41) is 11.3. The Labute approximate surface area is 201 Å². The SMILES string of the molecule is CCCOc1cccc(C(O)=C2C(=O)C(=O)N(CCN(CC)CC)C2c2ccc(OC)cc2)c1. The third kappa shape index (κ3) is 5.42. The van der Waals surface area contributed by atoms with Gasteiger partial charge in [-0.2, -0.15) is 0 Å². The summed E-state index contributed by atoms with van der Waals surface area (Å²) in [4.78, 5) is 30.1. The number of ether oxygens (including phenoxy) is 2. The average molecular weight is 467 g/mol. The summed E-state index contributed by atoms with van der Waals surface area (Å²) in [6.45, 7) is 9.38. The molecular weight excluding hydrogens is 432 g/mol. The fraction of sp³-hybridized carbons (Fsp3) is 0.407. The Morgan fingerprint density at radius 1 is 1.03 bits per heavy atom. The zero-order chi connectivity index (χ0) is 24.7. The Morgan fingerprint density at radius 2 is 1.74 bits per heavy atom. The summed E-state index contributed by atoms with van der Waals surface area (Å²) in [5.74, 6) is -0.218. The highest BCUT2D eigenvalue weighted by Gasteiger charge is 2.46. The van der Waals surface area contributed by atoms with Crippen LogP contribution < -0.4 is 9.47 Å². The molecule has 0 aliphatic carbocycles. The molecule has 1 saturated heterocycles. The van der Waals surface area contributed by atoms with Gasteiger partial charge in [0.15, 0.2) is 0 Å². The van der Waals surface area contributed by atoms with Crippen molar-refractivity contribution in [1.82, 2.24) is 9.80 Å². The smallest absolute Gasteiger partial charge is 0.295 e. The van der Waals surface area contributed by atoms with Gasteiger partial charge in [0.25, 0.3) is 11.7 Å². The van der Waals surface area contributed by atoms with Crippen molar-refractivity contribution in [2.45, 2.75) is 33.2 Å². The molecule has 1 aliphatic rings. The van der Waals surface area contributed by atoms with Gasteiger partial charge in [-0.05, 0) is 49.3 Å². The molecule has 7 heteroatoms. The Balaban J connectivity index is 2.07. The molecule has 1 aliphatic heterocycles. The van der Waals surface area contributed by atoms with Gasteiger partial charge in [-0.25, -0.2) is 0 Å². The van der Waals surface area contributed by atoms with Crippen LogP contribution in [0.4, 0.5) is 0 Å². The van der Waals surface area contributed by atoms with Crippen molar-refractivity contribution in [1.29, 1.82) is 0 Å². The van der Waals surface area contributed by atoms with Crippen molar-refractivity contribution >= 4 is 17.4 Å². The van der Waals surface area contributed by atoms with E-state index in [1.54, 1.807) is 48.4 Å². The molecular formula is C27H34N2O5. The first-order valence-corrected chi connectivity index (χ1v) is 11.8. The summed E-state index contributed by atoms with van der Waals surface area (Å²) in [7, 11) is 1.58. The molecule has 1 atom stereocenters. The second-order valence-corrected chi connectivity index (χ2v) is 8.17. The number of likely N-dealkylation sites (tertiary alicyclic amines) is 1. The Bertz CT molecular complexity index is 1030. The first-order chi connectivity index (χ1) is 16.4. The minimum Gasteiger partial charge on any atom is -0.507 e. The minimum atomic E-state index is -0.693. The number of ketones is 1. The molecule has 1 amide bonds. The summed E-state index contributed by atoms with van der Waals surface area (Å²) in [6.07, 6.45) is 0.853. The number of hydrogen-bond acceptors (Lipinski definition) is 6. The number of carbonyl (C=O) groups is 2. The van der Waals surface area contributed by atoms with Gasteiger partial charge in [0, 0.05) is 18.7 Å². The van der Waals surface area contributed by atoms with Gasteiger partial charge in [0.05, 0.1) is 25.3 Å². The van der Waals surface area contributed by atoms with E-state index in [-0.39, 0.29) is 11.3 Å². The zero-order valence-corrected chi connectivity index (χ0v) is 20.4. The summed E-state index contributed by atoms with van der Waals surface area (Å²) >= 11 is 0. The topological polar surface area (TPSA) is 79.3 Å². The summed E-state index contributed by atoms with van der Waals surface area (Å²) in [6, 6.07) is 13.5. The number of nitrogens with zero attached hydrogens (tertiary/aromatic N) is 2. The van der Waals surface area contributed by atoms with Gasteiger partial charge in [0.1, 0.15) is 17.3 Å². The molecule has 0 aromatic heterocycles. The van der Waals surface area contributed by atoms with Crippen LogP contribution >= 0.6 is 0 Å². The van der Waals surface area contributed by atoms with E-state index in [2.05, 4.69) is 18.7 Å². The lowest BCUT2D eigenvalue weighted by Gasteiger charge is -2.28. The largest absolute Gasteiger partial charge is 0.507 e. The van der Waals surface area contributed by atoms with E-state index in [9.17, 15) is 14.7 Å². The molecule has 1 unspecified atom stereocenters. The maximum atomic E-state index is 13.2. The molecule has 0 bridgehead atoms. The van der Waals surface area contributed by atoms with Gasteiger partial charge in [-0.15, -0.1) is 0 Å². The standard InChI is InChI=1S/C27H34N2O5/c1-5-17-34-22-10-8-9-20(18-22)25(30)23-24(19-11-13-21(33-4)14-12-19)29(27(32)26(23)31)16-15-28(6-2)7-3/h8-14,18,24,30H,5-7,15-17H2,1-4H3. The third-order valence-corrected chi connectivity index (χ3v) is 6.10. The monoisotopic (exact) mass is 466 g/mol. The molecule has 1 fully saturated rings. The van der Waals surface area contributed by atoms with Crippen LogP contribution in [0.3, 0.4) is 0 Å². The van der Waals surface area contributed by atoms with E-state index in [4.69, 9.17) is 9.47 Å². The molecule has 1 N–H and O–H groups in total. The zero-order valence-electron chi connectivity index (χ0n) is 20.4. The predicted molar refractivity (Wildman–Crippen MR) is 132 cm³/mol. The Kier molecular flexibility index (Phi) is 8.71. The van der Waals surface area contributed by atoms with Crippen LogP contribution in [0, 0.1) is 0 Å². The van der Waals surface area contributed by atoms with Crippen LogP contribution in [-0.4, -0.2) is 66.5 Å². The number of likely N-dealkylation sites (N-methyl/N-ethyl adjacent to an activating group) is 1. The van der Waals surface area contributed by atoms with Crippen LogP contribution in [0.25, 0.3) is 5.76 Å². The van der Waals surface area contributed by atoms with Gasteiger partial charge in [-0.1, -0.05) is 45.0 Å². The van der Waals surface area contributed by atoms with Crippen molar-refractivity contribution in [3.8, 4) is 11.5 Å². The number of aliphatic hydroxyl groups is 1. The van der Waals surface area contributed by atoms with Gasteiger partial charge in [-0.3, -0.25) is 9.59 Å². The highest BCUT2D eigenvalue weighted by atomic mass is 16.5. The number of Topliss-reactive ketones (excluding diaryl/α,β-unsaturated/α-hetero) is 1. The molecule has 2 aromatic carbocycles. The predicted octanol–water partition coefficient (Wildman–Crippen LogP) is 4.25. The molecule has 7 nitrogen and oxygen atoms in total. The van der Waals surface area contributed by atoms with E-state index in [0.29, 0.717) is 36.8 Å². The molecule has 3 rings (SSSR count). The Hall–Kier alpha value is -3.32. The molecule has 0 radical (unpaired) electrons. The highest BCUT2D eigenvalue weighted by molar-refractivity contribution is 6.46. The first kappa shape index (κ1) is 25.3. The molecule has 182 valence electrons. The van der Waals surface area contributed by atoms with Crippen LogP contribution in [0.5, 0.6) is 11.5 Å². The molecule has 34 heavy (non-hydrogen) atoms. The summed E-state index contributed by atoms with van der Waals surface area (Å²) in [5.41, 5.74) is 1.26. The maximum absolute atomic E-state index is 13.2. The summed E-state index contributed by atoms with van der Waals surface area (Å²) < 4.78 is 11.0. The van der Waals surface area contributed by atoms with Crippen molar-refractivity contribution in [3.05, 3.63) is 65.2 Å². The fourth-order valence-corrected chi connectivity index (χ4v) is 4.14. The van der Waals surface area contributed by atoms with Gasteiger partial charge in [0.2, 0.25) is 0 Å². The van der Waals surface area contributed by atoms with Gasteiger partial charge >= 0.3 is 0 Å². The van der Waals surface area contributed by atoms with Crippen molar-refractivity contribution < 1.29 is 24.2 Å². The molecule has 0 spiro atoms. The molecule has 1 heterocycles. The second-order valence-electron chi connectivity index (χ2n) is 8.17. The van der Waals surface area contributed by atoms with E-state index >= 15 is 0 Å². The normalized spacial score (nSPS) is 17.4. The first-order valence-electron chi connectivity index (χ1n) is 11.8. The number of benzene rings is 2. The number of carbonyl (C=O) groups excluding carboxylic acids is 2.